The van der Waals surface area contributed by atoms with Crippen LogP contribution in [0.3, 0.4) is 0 Å². The summed E-state index contributed by atoms with van der Waals surface area (Å²) < 4.78 is 16.6. The van der Waals surface area contributed by atoms with Crippen molar-refractivity contribution in [3.63, 3.8) is 0 Å². The monoisotopic (exact) mass is 504 g/mol. The number of amidine groups is 2. The number of ether oxygens (including phenoxy) is 3. The fourth-order valence-corrected chi connectivity index (χ4v) is 5.42. The summed E-state index contributed by atoms with van der Waals surface area (Å²) in [6.07, 6.45) is 7.57. The first-order chi connectivity index (χ1) is 17.6. The molecule has 0 spiro atoms. The summed E-state index contributed by atoms with van der Waals surface area (Å²) in [6.45, 7) is 0.772. The highest BCUT2D eigenvalue weighted by Gasteiger charge is 2.37. The highest BCUT2D eigenvalue weighted by atomic mass is 32.2. The molecule has 3 aliphatic rings. The lowest BCUT2D eigenvalue weighted by Gasteiger charge is -2.20. The minimum Gasteiger partial charge on any atom is -0.497 e. The summed E-state index contributed by atoms with van der Waals surface area (Å²) >= 11 is 1.43. The van der Waals surface area contributed by atoms with E-state index in [-0.39, 0.29) is 11.4 Å². The molecule has 2 aliphatic heterocycles. The van der Waals surface area contributed by atoms with E-state index in [0.717, 1.165) is 34.9 Å². The maximum atomic E-state index is 12.7. The zero-order valence-electron chi connectivity index (χ0n) is 20.1. The van der Waals surface area contributed by atoms with Gasteiger partial charge in [0.25, 0.3) is 5.91 Å². The van der Waals surface area contributed by atoms with Crippen molar-refractivity contribution in [2.45, 2.75) is 32.1 Å². The van der Waals surface area contributed by atoms with Crippen LogP contribution in [0.15, 0.2) is 64.2 Å². The topological polar surface area (TPSA) is 96.6 Å². The molecule has 0 atom stereocenters. The highest BCUT2D eigenvalue weighted by molar-refractivity contribution is 8.27. The SMILES string of the molecule is COc1cccc(OCCOc2ccc(/C=C3/C(=N)N4N=C(C5CCCCC5)SC4=NC3=O)cc2)c1. The molecule has 8 nitrogen and oxygen atoms in total. The molecule has 1 amide bonds. The normalized spacial score (nSPS) is 19.1. The Hall–Kier alpha value is -3.59. The Morgan fingerprint density at radius 3 is 2.50 bits per heavy atom. The number of hydrogen-bond donors (Lipinski definition) is 1. The second-order valence-corrected chi connectivity index (χ2v) is 9.73. The first-order valence-electron chi connectivity index (χ1n) is 12.1. The van der Waals surface area contributed by atoms with Crippen LogP contribution in [-0.4, -0.2) is 47.3 Å². The van der Waals surface area contributed by atoms with E-state index in [0.29, 0.717) is 30.0 Å². The van der Waals surface area contributed by atoms with Gasteiger partial charge in [0.05, 0.1) is 12.7 Å². The average molecular weight is 505 g/mol. The largest absolute Gasteiger partial charge is 0.497 e. The Kier molecular flexibility index (Phi) is 7.36. The van der Waals surface area contributed by atoms with E-state index in [1.54, 1.807) is 13.2 Å². The number of carbonyl (C=O) groups is 1. The molecule has 9 heteroatoms. The molecule has 5 rings (SSSR count). The van der Waals surface area contributed by atoms with Gasteiger partial charge in [0, 0.05) is 12.0 Å². The average Bonchev–Trinajstić information content (AvgIpc) is 3.35. The van der Waals surface area contributed by atoms with Crippen LogP contribution in [0.2, 0.25) is 0 Å². The van der Waals surface area contributed by atoms with Crippen molar-refractivity contribution in [3.05, 3.63) is 59.7 Å². The molecule has 1 N–H and O–H groups in total. The van der Waals surface area contributed by atoms with Crippen molar-refractivity contribution in [2.24, 2.45) is 16.0 Å². The van der Waals surface area contributed by atoms with Crippen LogP contribution in [0.5, 0.6) is 17.2 Å². The molecule has 2 aromatic carbocycles. The third-order valence-electron chi connectivity index (χ3n) is 6.28. The van der Waals surface area contributed by atoms with Crippen molar-refractivity contribution in [2.75, 3.05) is 20.3 Å². The minimum absolute atomic E-state index is 0.0679. The Bertz CT molecular complexity index is 1230. The molecule has 2 aromatic rings. The van der Waals surface area contributed by atoms with Gasteiger partial charge in [-0.3, -0.25) is 10.2 Å². The van der Waals surface area contributed by atoms with Gasteiger partial charge in [-0.15, -0.1) is 0 Å². The number of thioether (sulfide) groups is 1. The number of nitrogens with zero attached hydrogens (tertiary/aromatic N) is 3. The summed E-state index contributed by atoms with van der Waals surface area (Å²) in [7, 11) is 1.62. The predicted molar refractivity (Wildman–Crippen MR) is 142 cm³/mol. The second-order valence-electron chi connectivity index (χ2n) is 8.74. The molecule has 186 valence electrons. The number of amides is 1. The van der Waals surface area contributed by atoms with Crippen LogP contribution < -0.4 is 14.2 Å². The second kappa shape index (κ2) is 11.0. The lowest BCUT2D eigenvalue weighted by molar-refractivity contribution is -0.114. The summed E-state index contributed by atoms with van der Waals surface area (Å²) in [5.41, 5.74) is 1.01. The first kappa shape index (κ1) is 24.1. The van der Waals surface area contributed by atoms with Crippen LogP contribution in [0.4, 0.5) is 0 Å². The molecular formula is C27H28N4O4S. The standard InChI is InChI=1S/C27H28N4O4S/c1-33-21-8-5-9-22(17-21)35-15-14-34-20-12-10-18(11-13-20)16-23-24(28)31-27(29-25(23)32)36-26(30-31)19-6-3-2-4-7-19/h5,8-13,16-17,19,28H,2-4,6-7,14-15H2,1H3/b23-16-,28-24?. The van der Waals surface area contributed by atoms with Gasteiger partial charge < -0.3 is 14.2 Å². The summed E-state index contributed by atoms with van der Waals surface area (Å²) in [6, 6.07) is 14.8. The Morgan fingerprint density at radius 1 is 1.03 bits per heavy atom. The fraction of sp³-hybridized carbons (Fsp3) is 0.333. The van der Waals surface area contributed by atoms with Gasteiger partial charge in [0.2, 0.25) is 5.17 Å². The van der Waals surface area contributed by atoms with Crippen molar-refractivity contribution in [1.29, 1.82) is 5.41 Å². The fourth-order valence-electron chi connectivity index (χ4n) is 4.36. The molecule has 1 aliphatic carbocycles. The maximum absolute atomic E-state index is 12.7. The van der Waals surface area contributed by atoms with Gasteiger partial charge in [0.1, 0.15) is 35.5 Å². The van der Waals surface area contributed by atoms with E-state index in [1.807, 2.05) is 48.5 Å². The molecule has 36 heavy (non-hydrogen) atoms. The summed E-state index contributed by atoms with van der Waals surface area (Å²) in [5.74, 6) is 2.21. The molecule has 2 heterocycles. The summed E-state index contributed by atoms with van der Waals surface area (Å²) in [4.78, 5) is 16.9. The van der Waals surface area contributed by atoms with Gasteiger partial charge in [-0.2, -0.15) is 15.1 Å². The Morgan fingerprint density at radius 2 is 1.75 bits per heavy atom. The molecule has 0 saturated heterocycles. The number of nitrogens with one attached hydrogen (secondary N) is 1. The number of hydrazone groups is 1. The van der Waals surface area contributed by atoms with Crippen LogP contribution >= 0.6 is 11.8 Å². The van der Waals surface area contributed by atoms with Crippen molar-refractivity contribution in [3.8, 4) is 17.2 Å². The van der Waals surface area contributed by atoms with Crippen LogP contribution in [0, 0.1) is 11.3 Å². The van der Waals surface area contributed by atoms with Gasteiger partial charge in [-0.25, -0.2) is 0 Å². The quantitative estimate of drug-likeness (QED) is 0.384. The number of carbonyl (C=O) groups excluding carboxylic acids is 1. The molecule has 1 saturated carbocycles. The highest BCUT2D eigenvalue weighted by Crippen LogP contribution is 2.36. The van der Waals surface area contributed by atoms with E-state index in [1.165, 1.54) is 36.0 Å². The van der Waals surface area contributed by atoms with E-state index >= 15 is 0 Å². The van der Waals surface area contributed by atoms with Crippen molar-refractivity contribution < 1.29 is 19.0 Å². The van der Waals surface area contributed by atoms with Crippen molar-refractivity contribution in [1.82, 2.24) is 5.01 Å². The van der Waals surface area contributed by atoms with Gasteiger partial charge in [-0.1, -0.05) is 37.5 Å². The number of hydrogen-bond acceptors (Lipinski definition) is 7. The van der Waals surface area contributed by atoms with Crippen LogP contribution in [0.1, 0.15) is 37.7 Å². The van der Waals surface area contributed by atoms with Gasteiger partial charge >= 0.3 is 0 Å². The first-order valence-corrected chi connectivity index (χ1v) is 12.9. The maximum Gasteiger partial charge on any atom is 0.283 e. The number of benzene rings is 2. The molecule has 1 fully saturated rings. The Labute approximate surface area is 214 Å². The van der Waals surface area contributed by atoms with E-state index in [2.05, 4.69) is 10.1 Å². The molecule has 0 aromatic heterocycles. The molecule has 0 radical (unpaired) electrons. The van der Waals surface area contributed by atoms with Crippen LogP contribution in [0.25, 0.3) is 6.08 Å². The number of rotatable bonds is 8. The van der Waals surface area contributed by atoms with Crippen LogP contribution in [-0.2, 0) is 4.79 Å². The van der Waals surface area contributed by atoms with Crippen molar-refractivity contribution >= 4 is 39.8 Å². The predicted octanol–water partition coefficient (Wildman–Crippen LogP) is 5.35. The lowest BCUT2D eigenvalue weighted by Crippen LogP contribution is -2.35. The third kappa shape index (κ3) is 5.46. The van der Waals surface area contributed by atoms with E-state index in [4.69, 9.17) is 19.6 Å². The smallest absolute Gasteiger partial charge is 0.283 e. The molecular weight excluding hydrogens is 476 g/mol. The lowest BCUT2D eigenvalue weighted by atomic mass is 9.90. The minimum atomic E-state index is -0.408. The summed E-state index contributed by atoms with van der Waals surface area (Å²) in [5, 5.41) is 16.2. The number of aliphatic imine (C=N–C) groups is 1. The van der Waals surface area contributed by atoms with Gasteiger partial charge in [-0.05, 0) is 60.5 Å². The number of fused-ring (bicyclic) bond motifs is 1. The zero-order valence-corrected chi connectivity index (χ0v) is 20.9. The molecule has 0 unspecified atom stereocenters. The van der Waals surface area contributed by atoms with Gasteiger partial charge in [0.15, 0.2) is 5.84 Å². The Balaban J connectivity index is 1.18. The van der Waals surface area contributed by atoms with E-state index < -0.39 is 5.91 Å². The third-order valence-corrected chi connectivity index (χ3v) is 7.35. The van der Waals surface area contributed by atoms with E-state index in [9.17, 15) is 4.79 Å². The zero-order chi connectivity index (χ0) is 24.9. The molecule has 0 bridgehead atoms. The number of methoxy groups -OCH3 is 1.